The number of nitrogens with one attached hydrogen (secondary N) is 4. The quantitative estimate of drug-likeness (QED) is 0.0144. The van der Waals surface area contributed by atoms with Gasteiger partial charge in [-0.05, 0) is 263 Å². The maximum absolute atomic E-state index is 14.5. The Balaban J connectivity index is 0.00000120. The molecule has 4 rings (SSSR count). The predicted molar refractivity (Wildman–Crippen MR) is 566 cm³/mol. The lowest BCUT2D eigenvalue weighted by atomic mass is 9.60. The van der Waals surface area contributed by atoms with E-state index in [1.165, 1.54) is 0 Å². The molecule has 0 heterocycles. The van der Waals surface area contributed by atoms with Crippen molar-refractivity contribution in [3.05, 3.63) is 25.3 Å². The number of carbonyl (C=O) groups excluding carboxylic acids is 12. The minimum atomic E-state index is -2.71. The van der Waals surface area contributed by atoms with E-state index in [-0.39, 0.29) is 234 Å². The third kappa shape index (κ3) is 58.8. The molecule has 0 bridgehead atoms. The highest BCUT2D eigenvalue weighted by molar-refractivity contribution is 6.87. The van der Waals surface area contributed by atoms with E-state index in [2.05, 4.69) is 210 Å². The smallest absolute Gasteiger partial charge is 0.466 e. The molecular formula is C103H190N4O31Si6. The molecule has 0 spiro atoms. The third-order valence-corrected chi connectivity index (χ3v) is 44.7. The largest absolute Gasteiger partial charge is 0.508 e. The van der Waals surface area contributed by atoms with Crippen LogP contribution in [-0.4, -0.2) is 253 Å². The van der Waals surface area contributed by atoms with Crippen LogP contribution in [0.25, 0.3) is 0 Å². The maximum Gasteiger partial charge on any atom is 0.508 e. The average molecular weight is 2150 g/mol. The fourth-order valence-corrected chi connectivity index (χ4v) is 46.4. The van der Waals surface area contributed by atoms with Gasteiger partial charge in [0.1, 0.15) is 52.4 Å². The first-order valence-electron chi connectivity index (χ1n) is 52.4. The van der Waals surface area contributed by atoms with Crippen LogP contribution in [0.5, 0.6) is 0 Å². The second kappa shape index (κ2) is 60.8. The van der Waals surface area contributed by atoms with Gasteiger partial charge in [-0.1, -0.05) is 129 Å². The van der Waals surface area contributed by atoms with Gasteiger partial charge in [-0.2, -0.15) is 0 Å². The molecule has 0 radical (unpaired) electrons. The Morgan fingerprint density at radius 1 is 0.396 bits per heavy atom. The normalized spacial score (nSPS) is 23.0. The molecule has 12 atom stereocenters. The summed E-state index contributed by atoms with van der Waals surface area (Å²) < 4.78 is 108. The van der Waals surface area contributed by atoms with Gasteiger partial charge in [0.2, 0.25) is 0 Å². The number of alkyl carbamates (subject to hydrolysis) is 4. The molecule has 4 amide bonds. The van der Waals surface area contributed by atoms with Crippen molar-refractivity contribution < 1.29 is 145 Å². The standard InChI is InChI=1S/C76H145N3O22Si6.C27H45NO9/c1-25-62(80)90-42-43-91-65(83)77-56-75(11)48-59(47-70(3,4)55-75)46-64(82)89-37-30-39-93-69(87)95-41-31-40-94-68(86)92-38-29-36-88-63(81)32-35-74(10)52-61(50-72(7,8)54-74)79-67(85)97-58-76(33-27-44-106(23,98-102(12)13)99-103(14,15)16,34-28-45-107(24,100-104(17,18)19)101-105(20,21)22)57-96-66(84)78-60-49-71(5,6)53-73(9,26-2)51-60;1-8-22(29)33-10-11-34-25(32)28-18-27(7)14-21(13-26(5,6)17-27)12-24(31)36-15-19(3)35-16-20(4)37-23(30)9-2/h25,59-61,102H,1,26-58H2,2-24H3,(H,77,83)(H,78,84)(H,79,85);8,19-21H,1,9-18H2,2-7H3,(H,28,32). The fourth-order valence-electron chi connectivity index (χ4n) is 22.3. The molecule has 0 saturated heterocycles. The van der Waals surface area contributed by atoms with Gasteiger partial charge >= 0.3 is 89.6 Å². The highest BCUT2D eigenvalue weighted by Gasteiger charge is 2.49. The highest BCUT2D eigenvalue weighted by atomic mass is 28.5. The molecule has 4 fully saturated rings. The van der Waals surface area contributed by atoms with Crippen LogP contribution in [-0.2, 0) is 116 Å². The summed E-state index contributed by atoms with van der Waals surface area (Å²) in [5, 5.41) is 12.1. The van der Waals surface area contributed by atoms with Crippen LogP contribution in [0.3, 0.4) is 0 Å². The Morgan fingerprint density at radius 2 is 0.764 bits per heavy atom. The van der Waals surface area contributed by atoms with Gasteiger partial charge in [0.25, 0.3) is 0 Å². The number of amides is 4. The molecular weight excluding hydrogens is 1960 g/mol. The molecule has 4 aliphatic rings. The van der Waals surface area contributed by atoms with E-state index >= 15 is 0 Å². The van der Waals surface area contributed by atoms with Crippen LogP contribution >= 0.6 is 0 Å². The minimum absolute atomic E-state index is 0.00904. The summed E-state index contributed by atoms with van der Waals surface area (Å²) in [5.41, 5.74) is -1.78. The second-order valence-electron chi connectivity index (χ2n) is 49.0. The lowest BCUT2D eigenvalue weighted by Crippen LogP contribution is -2.52. The molecule has 41 heteroatoms. The van der Waals surface area contributed by atoms with E-state index in [0.717, 1.165) is 94.9 Å². The summed E-state index contributed by atoms with van der Waals surface area (Å²) >= 11 is 0. The molecule has 0 aromatic heterocycles. The molecule has 12 unspecified atom stereocenters. The summed E-state index contributed by atoms with van der Waals surface area (Å²) in [6.07, 6.45) is 12.9. The van der Waals surface area contributed by atoms with E-state index in [9.17, 15) is 57.5 Å². The van der Waals surface area contributed by atoms with Gasteiger partial charge in [0, 0.05) is 87.7 Å². The lowest BCUT2D eigenvalue weighted by Gasteiger charge is -2.47. The van der Waals surface area contributed by atoms with Crippen LogP contribution in [0.4, 0.5) is 28.8 Å². The SMILES string of the molecule is C=CC(=O)OCCOC(=O)NCC1(C)CC(CC(=O)OCC(C)OCC(C)OC(=O)CC)CC(C)(C)C1.C=CC(=O)OCCOC(=O)NCC1(C)CC(CC(=O)OCCCOC(=O)OCCCOC(=O)OCCCOC(=O)CCC2(C)CC(NC(=O)OCC(CCC[Si](C)(O[SiH](C)C)O[Si](C)(C)C)(CCC[Si](C)(O[Si](C)(C)C)O[Si](C)(C)C)COC(=O)NC3CC(C)(C)CC(C)(CC)C3)CC(C)(C)C2)CC(C)(C)C1. The number of rotatable bonds is 61. The van der Waals surface area contributed by atoms with Crippen molar-refractivity contribution in [1.29, 1.82) is 0 Å². The average Bonchev–Trinajstić information content (AvgIpc) is 0.803. The molecule has 0 aromatic rings. The highest BCUT2D eigenvalue weighted by Crippen LogP contribution is 2.53. The number of hydrogen-bond acceptors (Lipinski definition) is 31. The summed E-state index contributed by atoms with van der Waals surface area (Å²) in [4.78, 5) is 150. The molecule has 0 aromatic carbocycles. The number of carbonyl (C=O) groups is 12. The Bertz CT molecular complexity index is 4010. The molecule has 35 nitrogen and oxygen atoms in total. The van der Waals surface area contributed by atoms with Crippen molar-refractivity contribution in [2.45, 2.75) is 393 Å². The van der Waals surface area contributed by atoms with Gasteiger partial charge in [-0.15, -0.1) is 0 Å². The first-order valence-corrected chi connectivity index (χ1v) is 70.4. The van der Waals surface area contributed by atoms with Gasteiger partial charge in [0.15, 0.2) is 34.0 Å². The third-order valence-electron chi connectivity index (χ3n) is 25.8. The Kier molecular flexibility index (Phi) is 55.3. The molecule has 832 valence electrons. The topological polar surface area (TPSA) is 428 Å². The van der Waals surface area contributed by atoms with Gasteiger partial charge in [-0.25, -0.2) is 38.4 Å². The van der Waals surface area contributed by atoms with Crippen molar-refractivity contribution in [2.24, 2.45) is 60.6 Å². The molecule has 4 saturated carbocycles. The van der Waals surface area contributed by atoms with Crippen molar-refractivity contribution in [2.75, 3.05) is 106 Å². The fraction of sp³-hybridized carbons (Fsp3) is 0.845. The van der Waals surface area contributed by atoms with E-state index in [1.54, 1.807) is 20.8 Å². The summed E-state index contributed by atoms with van der Waals surface area (Å²) in [6, 6.07) is 1.17. The number of ether oxygens (including phenoxy) is 15. The van der Waals surface area contributed by atoms with Crippen molar-refractivity contribution in [1.82, 2.24) is 21.3 Å². The van der Waals surface area contributed by atoms with Gasteiger partial charge in [0.05, 0.1) is 52.4 Å². The molecule has 144 heavy (non-hydrogen) atoms. The Morgan fingerprint density at radius 3 is 1.17 bits per heavy atom. The van der Waals surface area contributed by atoms with Crippen LogP contribution in [0.15, 0.2) is 25.3 Å². The van der Waals surface area contributed by atoms with Crippen LogP contribution < -0.4 is 21.3 Å². The van der Waals surface area contributed by atoms with Gasteiger partial charge in [-0.3, -0.25) is 19.2 Å². The van der Waals surface area contributed by atoms with Crippen LogP contribution in [0, 0.1) is 60.6 Å². The molecule has 4 N–H and O–H groups in total. The van der Waals surface area contributed by atoms with E-state index in [1.807, 2.05) is 0 Å². The predicted octanol–water partition coefficient (Wildman–Crippen LogP) is 21.2. The Labute approximate surface area is 869 Å². The zero-order valence-electron chi connectivity index (χ0n) is 93.7. The zero-order chi connectivity index (χ0) is 109. The first kappa shape index (κ1) is 131. The lowest BCUT2D eigenvalue weighted by molar-refractivity contribution is -0.155. The van der Waals surface area contributed by atoms with E-state index in [4.69, 9.17) is 87.5 Å². The van der Waals surface area contributed by atoms with E-state index in [0.29, 0.717) is 64.5 Å². The van der Waals surface area contributed by atoms with Crippen molar-refractivity contribution in [3.8, 4) is 0 Å². The number of hydrogen-bond donors (Lipinski definition) is 4. The monoisotopic (exact) mass is 2150 g/mol. The van der Waals surface area contributed by atoms with E-state index < -0.39 is 105 Å². The van der Waals surface area contributed by atoms with Crippen LogP contribution in [0.2, 0.25) is 97.2 Å². The zero-order valence-corrected chi connectivity index (χ0v) is 99.8. The second-order valence-corrected chi connectivity index (χ2v) is 72.7. The summed E-state index contributed by atoms with van der Waals surface area (Å²) in [5.74, 6) is -2.36. The summed E-state index contributed by atoms with van der Waals surface area (Å²) in [6.45, 7) is 69.6. The first-order chi connectivity index (χ1) is 66.5. The molecule has 4 aliphatic carbocycles. The number of esters is 6. The minimum Gasteiger partial charge on any atom is -0.466 e. The summed E-state index contributed by atoms with van der Waals surface area (Å²) in [7, 11) is -12.9. The van der Waals surface area contributed by atoms with Crippen molar-refractivity contribution >= 4 is 124 Å². The Hall–Kier alpha value is -6.98. The van der Waals surface area contributed by atoms with Crippen LogP contribution in [0.1, 0.15) is 271 Å². The molecule has 0 aliphatic heterocycles. The van der Waals surface area contributed by atoms with Gasteiger partial charge < -0.3 is 109 Å². The van der Waals surface area contributed by atoms with Crippen molar-refractivity contribution in [3.63, 3.8) is 0 Å². The maximum atomic E-state index is 14.5.